The predicted octanol–water partition coefficient (Wildman–Crippen LogP) is 12.5. The summed E-state index contributed by atoms with van der Waals surface area (Å²) in [5, 5.41) is 9.84. The molecule has 0 aromatic carbocycles. The maximum atomic E-state index is 14.5. The maximum absolute atomic E-state index is 14.5. The van der Waals surface area contributed by atoms with Gasteiger partial charge in [-0.05, 0) is 25.7 Å². The first kappa shape index (κ1) is 42.9. The van der Waals surface area contributed by atoms with Crippen LogP contribution in [0.3, 0.4) is 0 Å². The van der Waals surface area contributed by atoms with Crippen LogP contribution in [0.15, 0.2) is 0 Å². The molecular formula is C36H75NO4P2. The molecule has 258 valence electrons. The highest BCUT2D eigenvalue weighted by Crippen LogP contribution is 2.52. The standard InChI is InChI=1S/C36H75NO4P2/c1-5-9-13-17-21-25-29-42(40,30-26-22-18-14-10-6-2)34-37(33-36(38)39)35-43(41,31-27-23-19-15-11-7-3)32-28-24-20-16-12-8-4/h5-35H2,1-4H3,(H,38,39). The lowest BCUT2D eigenvalue weighted by Crippen LogP contribution is -2.33. The van der Waals surface area contributed by atoms with E-state index in [9.17, 15) is 19.0 Å². The topological polar surface area (TPSA) is 74.7 Å². The fourth-order valence-corrected chi connectivity index (χ4v) is 12.5. The Balaban J connectivity index is 5.51. The van der Waals surface area contributed by atoms with Crippen LogP contribution in [0.25, 0.3) is 0 Å². The molecule has 7 heteroatoms. The van der Waals surface area contributed by atoms with Crippen molar-refractivity contribution in [2.45, 2.75) is 182 Å². The van der Waals surface area contributed by atoms with Gasteiger partial charge in [-0.2, -0.15) is 0 Å². The third-order valence-electron chi connectivity index (χ3n) is 8.95. The van der Waals surface area contributed by atoms with Crippen LogP contribution in [0.4, 0.5) is 0 Å². The first-order valence-corrected chi connectivity index (χ1v) is 23.3. The Labute approximate surface area is 269 Å². The van der Waals surface area contributed by atoms with Crippen molar-refractivity contribution in [1.82, 2.24) is 4.90 Å². The number of aliphatic carboxylic acids is 1. The van der Waals surface area contributed by atoms with Crippen LogP contribution in [0.1, 0.15) is 182 Å². The molecule has 0 bridgehead atoms. The number of rotatable bonds is 34. The van der Waals surface area contributed by atoms with Crippen molar-refractivity contribution in [1.29, 1.82) is 0 Å². The molecule has 0 heterocycles. The maximum Gasteiger partial charge on any atom is 0.317 e. The zero-order valence-electron chi connectivity index (χ0n) is 29.4. The third-order valence-corrected chi connectivity index (χ3v) is 15.3. The molecule has 0 aliphatic heterocycles. The molecule has 0 saturated heterocycles. The largest absolute Gasteiger partial charge is 0.480 e. The first-order chi connectivity index (χ1) is 20.7. The Morgan fingerprint density at radius 1 is 0.442 bits per heavy atom. The fraction of sp³-hybridized carbons (Fsp3) is 0.972. The highest BCUT2D eigenvalue weighted by Gasteiger charge is 2.31. The average molecular weight is 648 g/mol. The Kier molecular flexibility index (Phi) is 29.2. The number of unbranched alkanes of at least 4 members (excludes halogenated alkanes) is 20. The molecule has 0 aliphatic rings. The third kappa shape index (κ3) is 26.8. The number of carboxylic acid groups (broad SMARTS) is 1. The first-order valence-electron chi connectivity index (χ1n) is 18.8. The van der Waals surface area contributed by atoms with Gasteiger partial charge in [0.25, 0.3) is 0 Å². The van der Waals surface area contributed by atoms with E-state index >= 15 is 0 Å². The number of carbonyl (C=O) groups is 1. The molecule has 0 rings (SSSR count). The molecule has 0 atom stereocenters. The Bertz CT molecular complexity index is 638. The van der Waals surface area contributed by atoms with Gasteiger partial charge < -0.3 is 14.2 Å². The van der Waals surface area contributed by atoms with E-state index in [1.165, 1.54) is 103 Å². The lowest BCUT2D eigenvalue weighted by Gasteiger charge is -2.31. The summed E-state index contributed by atoms with van der Waals surface area (Å²) in [6, 6.07) is 0. The predicted molar refractivity (Wildman–Crippen MR) is 192 cm³/mol. The number of hydrogen-bond acceptors (Lipinski definition) is 4. The van der Waals surface area contributed by atoms with Crippen molar-refractivity contribution in [2.24, 2.45) is 0 Å². The van der Waals surface area contributed by atoms with E-state index in [0.29, 0.717) is 37.2 Å². The van der Waals surface area contributed by atoms with Crippen molar-refractivity contribution < 1.29 is 19.0 Å². The van der Waals surface area contributed by atoms with Crippen LogP contribution in [-0.2, 0) is 13.9 Å². The van der Waals surface area contributed by atoms with E-state index in [2.05, 4.69) is 27.7 Å². The van der Waals surface area contributed by atoms with Gasteiger partial charge in [-0.15, -0.1) is 0 Å². The van der Waals surface area contributed by atoms with E-state index in [1.807, 2.05) is 4.90 Å². The van der Waals surface area contributed by atoms with Crippen molar-refractivity contribution >= 4 is 20.3 Å². The second-order valence-corrected chi connectivity index (χ2v) is 20.2. The van der Waals surface area contributed by atoms with Gasteiger partial charge in [0.05, 0.1) is 19.1 Å². The Hall–Kier alpha value is -0.110. The van der Waals surface area contributed by atoms with Crippen LogP contribution >= 0.6 is 14.3 Å². The van der Waals surface area contributed by atoms with Crippen molar-refractivity contribution in [3.05, 3.63) is 0 Å². The van der Waals surface area contributed by atoms with Gasteiger partial charge in [0.2, 0.25) is 0 Å². The molecule has 0 fully saturated rings. The minimum absolute atomic E-state index is 0.145. The zero-order chi connectivity index (χ0) is 32.1. The summed E-state index contributed by atoms with van der Waals surface area (Å²) in [6.07, 6.45) is 31.4. The van der Waals surface area contributed by atoms with Crippen LogP contribution in [-0.4, -0.2) is 59.7 Å². The SMILES string of the molecule is CCCCCCCCP(=O)(CCCCCCCC)CN(CC(=O)O)CP(=O)(CCCCCCCC)CCCCCCCC. The van der Waals surface area contributed by atoms with E-state index in [0.717, 1.165) is 51.4 Å². The van der Waals surface area contributed by atoms with Crippen LogP contribution in [0, 0.1) is 0 Å². The van der Waals surface area contributed by atoms with Gasteiger partial charge in [0.15, 0.2) is 0 Å². The summed E-state index contributed by atoms with van der Waals surface area (Å²) in [5.74, 6) is -0.892. The second kappa shape index (κ2) is 29.3. The summed E-state index contributed by atoms with van der Waals surface area (Å²) >= 11 is 0. The van der Waals surface area contributed by atoms with Crippen LogP contribution < -0.4 is 0 Å². The molecule has 0 aromatic heterocycles. The summed E-state index contributed by atoms with van der Waals surface area (Å²) in [4.78, 5) is 13.9. The average Bonchev–Trinajstić information content (AvgIpc) is 2.96. The molecular weight excluding hydrogens is 572 g/mol. The molecule has 5 nitrogen and oxygen atoms in total. The number of hydrogen-bond donors (Lipinski definition) is 1. The lowest BCUT2D eigenvalue weighted by atomic mass is 10.1. The summed E-state index contributed by atoms with van der Waals surface area (Å²) in [5.41, 5.74) is 0. The van der Waals surface area contributed by atoms with Crippen LogP contribution in [0.2, 0.25) is 0 Å². The van der Waals surface area contributed by atoms with Gasteiger partial charge in [-0.3, -0.25) is 9.69 Å². The highest BCUT2D eigenvalue weighted by atomic mass is 31.2. The minimum atomic E-state index is -2.58. The number of carboxylic acids is 1. The monoisotopic (exact) mass is 648 g/mol. The van der Waals surface area contributed by atoms with Gasteiger partial charge in [0, 0.05) is 24.6 Å². The number of nitrogens with zero attached hydrogens (tertiary/aromatic N) is 1. The molecule has 0 unspecified atom stereocenters. The van der Waals surface area contributed by atoms with Crippen molar-refractivity contribution in [2.75, 3.05) is 43.8 Å². The molecule has 0 aromatic rings. The molecule has 0 aliphatic carbocycles. The summed E-state index contributed by atoms with van der Waals surface area (Å²) in [6.45, 7) is 8.76. The normalized spacial score (nSPS) is 12.4. The van der Waals surface area contributed by atoms with Gasteiger partial charge >= 0.3 is 5.97 Å². The van der Waals surface area contributed by atoms with Crippen LogP contribution in [0.5, 0.6) is 0 Å². The molecule has 1 N–H and O–H groups in total. The molecule has 43 heavy (non-hydrogen) atoms. The zero-order valence-corrected chi connectivity index (χ0v) is 31.2. The Morgan fingerprint density at radius 2 is 0.674 bits per heavy atom. The second-order valence-electron chi connectivity index (χ2n) is 13.6. The van der Waals surface area contributed by atoms with Crippen molar-refractivity contribution in [3.8, 4) is 0 Å². The molecule has 0 amide bonds. The quantitative estimate of drug-likeness (QED) is 0.0555. The highest BCUT2D eigenvalue weighted by molar-refractivity contribution is 7.64. The van der Waals surface area contributed by atoms with Crippen molar-refractivity contribution in [3.63, 3.8) is 0 Å². The smallest absolute Gasteiger partial charge is 0.317 e. The van der Waals surface area contributed by atoms with E-state index < -0.39 is 20.3 Å². The molecule has 0 spiro atoms. The summed E-state index contributed by atoms with van der Waals surface area (Å²) < 4.78 is 28.9. The van der Waals surface area contributed by atoms with E-state index in [1.54, 1.807) is 0 Å². The minimum Gasteiger partial charge on any atom is -0.480 e. The van der Waals surface area contributed by atoms with E-state index in [4.69, 9.17) is 0 Å². The van der Waals surface area contributed by atoms with E-state index in [-0.39, 0.29) is 6.54 Å². The van der Waals surface area contributed by atoms with Gasteiger partial charge in [0.1, 0.15) is 14.3 Å². The Morgan fingerprint density at radius 3 is 0.907 bits per heavy atom. The molecule has 0 radical (unpaired) electrons. The fourth-order valence-electron chi connectivity index (χ4n) is 6.29. The van der Waals surface area contributed by atoms with Gasteiger partial charge in [-0.25, -0.2) is 0 Å². The van der Waals surface area contributed by atoms with Gasteiger partial charge in [-0.1, -0.05) is 156 Å². The molecule has 0 saturated carbocycles. The summed E-state index contributed by atoms with van der Waals surface area (Å²) in [7, 11) is -5.15. The lowest BCUT2D eigenvalue weighted by molar-refractivity contribution is -0.137.